The van der Waals surface area contributed by atoms with Crippen LogP contribution in [0.3, 0.4) is 0 Å². The Kier molecular flexibility index (Phi) is 6.14. The van der Waals surface area contributed by atoms with Crippen LogP contribution < -0.4 is 5.32 Å². The summed E-state index contributed by atoms with van der Waals surface area (Å²) in [5.41, 5.74) is 1.21. The highest BCUT2D eigenvalue weighted by molar-refractivity contribution is 6.30. The van der Waals surface area contributed by atoms with Crippen molar-refractivity contribution in [1.82, 2.24) is 5.32 Å². The van der Waals surface area contributed by atoms with Gasteiger partial charge in [0.05, 0.1) is 6.54 Å². The first-order valence-corrected chi connectivity index (χ1v) is 7.36. The highest BCUT2D eigenvalue weighted by Gasteiger charge is 2.18. The Labute approximate surface area is 138 Å². The summed E-state index contributed by atoms with van der Waals surface area (Å²) < 4.78 is 4.99. The summed E-state index contributed by atoms with van der Waals surface area (Å²) in [6.45, 7) is -0.156. The van der Waals surface area contributed by atoms with Gasteiger partial charge in [0.25, 0.3) is 5.91 Å². The van der Waals surface area contributed by atoms with Crippen LogP contribution in [-0.4, -0.2) is 29.6 Å². The van der Waals surface area contributed by atoms with Crippen LogP contribution in [0.4, 0.5) is 0 Å². The summed E-state index contributed by atoms with van der Waals surface area (Å²) in [4.78, 5) is 23.5. The molecule has 0 aliphatic heterocycles. The molecule has 0 saturated carbocycles. The fourth-order valence-corrected chi connectivity index (χ4v) is 1.93. The number of benzene rings is 2. The van der Waals surface area contributed by atoms with Gasteiger partial charge in [-0.2, -0.15) is 0 Å². The zero-order valence-electron chi connectivity index (χ0n) is 12.2. The molecule has 120 valence electrons. The van der Waals surface area contributed by atoms with E-state index in [1.807, 2.05) is 30.3 Å². The Bertz CT molecular complexity index is 658. The van der Waals surface area contributed by atoms with Crippen molar-refractivity contribution in [2.75, 3.05) is 6.54 Å². The van der Waals surface area contributed by atoms with Crippen molar-refractivity contribution in [2.45, 2.75) is 12.7 Å². The number of hydrogen-bond acceptors (Lipinski definition) is 4. The van der Waals surface area contributed by atoms with E-state index < -0.39 is 18.0 Å². The quantitative estimate of drug-likeness (QED) is 0.794. The Morgan fingerprint density at radius 1 is 1.09 bits per heavy atom. The molecule has 0 heterocycles. The maximum absolute atomic E-state index is 11.8. The molecule has 0 fully saturated rings. The van der Waals surface area contributed by atoms with Crippen molar-refractivity contribution in [2.24, 2.45) is 0 Å². The lowest BCUT2D eigenvalue weighted by molar-refractivity contribution is -0.154. The number of nitrogens with one attached hydrogen (secondary N) is 1. The predicted octanol–water partition coefficient (Wildman–Crippen LogP) is 2.17. The first-order chi connectivity index (χ1) is 11.1. The molecule has 5 nitrogen and oxygen atoms in total. The molecule has 0 aliphatic rings. The number of esters is 1. The Hall–Kier alpha value is -2.37. The van der Waals surface area contributed by atoms with Crippen molar-refractivity contribution in [3.05, 3.63) is 70.7 Å². The number of halogens is 1. The van der Waals surface area contributed by atoms with Crippen LogP contribution in [0.2, 0.25) is 5.02 Å². The molecule has 23 heavy (non-hydrogen) atoms. The van der Waals surface area contributed by atoms with Gasteiger partial charge in [0.1, 0.15) is 6.61 Å². The van der Waals surface area contributed by atoms with E-state index in [0.29, 0.717) is 10.6 Å². The van der Waals surface area contributed by atoms with Crippen LogP contribution >= 0.6 is 11.6 Å². The molecule has 0 saturated heterocycles. The topological polar surface area (TPSA) is 75.6 Å². The maximum Gasteiger partial charge on any atom is 0.337 e. The number of aliphatic hydroxyl groups is 1. The van der Waals surface area contributed by atoms with Gasteiger partial charge in [0, 0.05) is 10.6 Å². The molecule has 2 rings (SSSR count). The van der Waals surface area contributed by atoms with Gasteiger partial charge in [-0.25, -0.2) is 4.79 Å². The number of carbonyl (C=O) groups excluding carboxylic acids is 2. The van der Waals surface area contributed by atoms with Gasteiger partial charge in [0.2, 0.25) is 0 Å². The SMILES string of the molecule is O=C(NCC(O)C(=O)OCc1ccccc1)c1ccc(Cl)cc1. The lowest BCUT2D eigenvalue weighted by atomic mass is 10.2. The van der Waals surface area contributed by atoms with E-state index in [2.05, 4.69) is 5.32 Å². The second-order valence-electron chi connectivity index (χ2n) is 4.83. The van der Waals surface area contributed by atoms with Gasteiger partial charge < -0.3 is 15.2 Å². The average Bonchev–Trinajstić information content (AvgIpc) is 2.58. The fourth-order valence-electron chi connectivity index (χ4n) is 1.80. The first-order valence-electron chi connectivity index (χ1n) is 6.98. The zero-order valence-corrected chi connectivity index (χ0v) is 13.0. The number of amides is 1. The molecule has 0 radical (unpaired) electrons. The van der Waals surface area contributed by atoms with Crippen LogP contribution in [0.5, 0.6) is 0 Å². The second-order valence-corrected chi connectivity index (χ2v) is 5.26. The Balaban J connectivity index is 1.77. The molecule has 1 amide bonds. The van der Waals surface area contributed by atoms with E-state index in [1.165, 1.54) is 0 Å². The van der Waals surface area contributed by atoms with Crippen LogP contribution in [0, 0.1) is 0 Å². The van der Waals surface area contributed by atoms with Crippen LogP contribution in [-0.2, 0) is 16.1 Å². The smallest absolute Gasteiger partial charge is 0.337 e. The third-order valence-corrected chi connectivity index (χ3v) is 3.31. The summed E-state index contributed by atoms with van der Waals surface area (Å²) in [7, 11) is 0. The minimum absolute atomic E-state index is 0.0713. The first kappa shape index (κ1) is 17.0. The van der Waals surface area contributed by atoms with Gasteiger partial charge in [-0.15, -0.1) is 0 Å². The highest BCUT2D eigenvalue weighted by Crippen LogP contribution is 2.09. The van der Waals surface area contributed by atoms with Gasteiger partial charge in [-0.1, -0.05) is 41.9 Å². The number of carbonyl (C=O) groups is 2. The van der Waals surface area contributed by atoms with E-state index in [-0.39, 0.29) is 13.2 Å². The molecule has 2 aromatic carbocycles. The monoisotopic (exact) mass is 333 g/mol. The van der Waals surface area contributed by atoms with E-state index in [0.717, 1.165) is 5.56 Å². The minimum atomic E-state index is -1.42. The third-order valence-electron chi connectivity index (χ3n) is 3.06. The summed E-state index contributed by atoms with van der Waals surface area (Å²) in [6.07, 6.45) is -1.42. The second kappa shape index (κ2) is 8.31. The van der Waals surface area contributed by atoms with Crippen LogP contribution in [0.25, 0.3) is 0 Å². The normalized spacial score (nSPS) is 11.6. The third kappa shape index (κ3) is 5.39. The number of hydrogen-bond donors (Lipinski definition) is 2. The average molecular weight is 334 g/mol. The van der Waals surface area contributed by atoms with E-state index in [1.54, 1.807) is 24.3 Å². The molecule has 0 spiro atoms. The van der Waals surface area contributed by atoms with Crippen molar-refractivity contribution >= 4 is 23.5 Å². The van der Waals surface area contributed by atoms with Gasteiger partial charge in [-0.3, -0.25) is 4.79 Å². The van der Waals surface area contributed by atoms with Crippen molar-refractivity contribution in [3.8, 4) is 0 Å². The Morgan fingerprint density at radius 3 is 2.39 bits per heavy atom. The zero-order chi connectivity index (χ0) is 16.7. The maximum atomic E-state index is 11.8. The number of rotatable bonds is 6. The van der Waals surface area contributed by atoms with Crippen molar-refractivity contribution < 1.29 is 19.4 Å². The molecule has 1 atom stereocenters. The summed E-state index contributed by atoms with van der Waals surface area (Å²) >= 11 is 5.74. The number of aliphatic hydroxyl groups excluding tert-OH is 1. The van der Waals surface area contributed by atoms with E-state index >= 15 is 0 Å². The van der Waals surface area contributed by atoms with Crippen LogP contribution in [0.1, 0.15) is 15.9 Å². The molecular weight excluding hydrogens is 318 g/mol. The molecule has 2 aromatic rings. The number of ether oxygens (including phenoxy) is 1. The van der Waals surface area contributed by atoms with Crippen molar-refractivity contribution in [3.63, 3.8) is 0 Å². The Morgan fingerprint density at radius 2 is 1.74 bits per heavy atom. The molecule has 6 heteroatoms. The minimum Gasteiger partial charge on any atom is -0.459 e. The fraction of sp³-hybridized carbons (Fsp3) is 0.176. The molecule has 1 unspecified atom stereocenters. The van der Waals surface area contributed by atoms with Crippen molar-refractivity contribution in [1.29, 1.82) is 0 Å². The summed E-state index contributed by atoms with van der Waals surface area (Å²) in [6, 6.07) is 15.4. The van der Waals surface area contributed by atoms with Gasteiger partial charge in [-0.05, 0) is 29.8 Å². The molecule has 2 N–H and O–H groups in total. The highest BCUT2D eigenvalue weighted by atomic mass is 35.5. The van der Waals surface area contributed by atoms with Gasteiger partial charge >= 0.3 is 5.97 Å². The van der Waals surface area contributed by atoms with E-state index in [9.17, 15) is 14.7 Å². The molecule has 0 aromatic heterocycles. The summed E-state index contributed by atoms with van der Waals surface area (Å²) in [5, 5.41) is 12.7. The molecule has 0 aliphatic carbocycles. The molecule has 0 bridgehead atoms. The van der Waals surface area contributed by atoms with Gasteiger partial charge in [0.15, 0.2) is 6.10 Å². The van der Waals surface area contributed by atoms with Crippen LogP contribution in [0.15, 0.2) is 54.6 Å². The standard InChI is InChI=1S/C17H16ClNO4/c18-14-8-6-13(7-9-14)16(21)19-10-15(20)17(22)23-11-12-4-2-1-3-5-12/h1-9,15,20H,10-11H2,(H,19,21). The van der Waals surface area contributed by atoms with E-state index in [4.69, 9.17) is 16.3 Å². The summed E-state index contributed by atoms with van der Waals surface area (Å²) in [5.74, 6) is -1.19. The predicted molar refractivity (Wildman–Crippen MR) is 86.0 cm³/mol. The molecular formula is C17H16ClNO4. The lowest BCUT2D eigenvalue weighted by Crippen LogP contribution is -2.37. The largest absolute Gasteiger partial charge is 0.459 e. The lowest BCUT2D eigenvalue weighted by Gasteiger charge is -2.12.